The predicted molar refractivity (Wildman–Crippen MR) is 232 cm³/mol. The maximum atomic E-state index is 7.65. The Balaban J connectivity index is 1.70. The number of benzene rings is 4. The van der Waals surface area contributed by atoms with Crippen LogP contribution in [-0.2, 0) is 0 Å². The van der Waals surface area contributed by atoms with Crippen LogP contribution in [0.4, 0.5) is 0 Å². The van der Waals surface area contributed by atoms with Crippen molar-refractivity contribution in [3.05, 3.63) is 0 Å². The molecule has 1 aliphatic rings. The molecule has 0 aliphatic carbocycles. The molecule has 3 heterocycles. The second kappa shape index (κ2) is 17.7. The average molecular weight is 934 g/mol. The van der Waals surface area contributed by atoms with Crippen molar-refractivity contribution in [1.29, 1.82) is 0 Å². The van der Waals surface area contributed by atoms with Crippen molar-refractivity contribution < 1.29 is 31.5 Å². The van der Waals surface area contributed by atoms with Crippen LogP contribution >= 0.6 is 40.6 Å². The van der Waals surface area contributed by atoms with E-state index in [1.165, 1.54) is 0 Å². The van der Waals surface area contributed by atoms with E-state index in [1.807, 2.05) is 0 Å². The van der Waals surface area contributed by atoms with Gasteiger partial charge in [-0.15, -0.1) is 0 Å². The van der Waals surface area contributed by atoms with Gasteiger partial charge in [0.1, 0.15) is 0 Å². The van der Waals surface area contributed by atoms with Gasteiger partial charge < -0.3 is 0 Å². The van der Waals surface area contributed by atoms with Crippen molar-refractivity contribution in [2.75, 3.05) is 39.6 Å². The van der Waals surface area contributed by atoms with Gasteiger partial charge in [-0.1, -0.05) is 0 Å². The first kappa shape index (κ1) is 40.3. The SMILES string of the molecule is CCCCOc1c(OCCCC)c2sc3c(OCCCC)c(OCCCC)c4sc5c(OCCCC)c(OCCCC)c6c7c(c1O[Te]6(Cl)Cl)c2c3c4c57. The summed E-state index contributed by atoms with van der Waals surface area (Å²) in [4.78, 5) is 0. The molecule has 296 valence electrons. The normalized spacial score (nSPS) is 14.3. The van der Waals surface area contributed by atoms with Crippen LogP contribution in [0.2, 0.25) is 0 Å². The molecule has 4 aromatic carbocycles. The molecule has 7 nitrogen and oxygen atoms in total. The predicted octanol–water partition coefficient (Wildman–Crippen LogP) is 13.5. The van der Waals surface area contributed by atoms with Gasteiger partial charge in [0, 0.05) is 0 Å². The topological polar surface area (TPSA) is 64.6 Å². The molecule has 0 unspecified atom stereocenters. The summed E-state index contributed by atoms with van der Waals surface area (Å²) in [7, 11) is 15.3. The van der Waals surface area contributed by atoms with Crippen LogP contribution in [-0.4, -0.2) is 56.0 Å². The van der Waals surface area contributed by atoms with Crippen LogP contribution in [0.3, 0.4) is 0 Å². The van der Waals surface area contributed by atoms with E-state index in [1.54, 1.807) is 22.7 Å². The fourth-order valence-electron chi connectivity index (χ4n) is 7.16. The zero-order valence-electron chi connectivity index (χ0n) is 32.6. The summed E-state index contributed by atoms with van der Waals surface area (Å²) >= 11 is -1.08. The van der Waals surface area contributed by atoms with E-state index < -0.39 is 16.4 Å². The summed E-state index contributed by atoms with van der Waals surface area (Å²) in [6.07, 6.45) is 11.5. The molecule has 6 aromatic rings. The van der Waals surface area contributed by atoms with E-state index in [2.05, 4.69) is 41.5 Å². The van der Waals surface area contributed by atoms with Gasteiger partial charge in [-0.2, -0.15) is 0 Å². The molecule has 54 heavy (non-hydrogen) atoms. The number of hydrogen-bond donors (Lipinski definition) is 0. The monoisotopic (exact) mass is 934 g/mol. The molecular weight excluding hydrogens is 879 g/mol. The Morgan fingerprint density at radius 1 is 0.407 bits per heavy atom. The molecule has 0 saturated carbocycles. The second-order valence-electron chi connectivity index (χ2n) is 14.1. The summed E-state index contributed by atoms with van der Waals surface area (Å²) in [5, 5.41) is 6.37. The third-order valence-electron chi connectivity index (χ3n) is 10.0. The maximum absolute atomic E-state index is 7.65. The van der Waals surface area contributed by atoms with Gasteiger partial charge in [0.25, 0.3) is 0 Å². The fraction of sp³-hybridized carbons (Fsp3) is 0.571. The van der Waals surface area contributed by atoms with Gasteiger partial charge in [0.05, 0.1) is 0 Å². The van der Waals surface area contributed by atoms with Crippen molar-refractivity contribution in [2.24, 2.45) is 0 Å². The number of unbranched alkanes of at least 4 members (excludes halogenated alkanes) is 6. The van der Waals surface area contributed by atoms with E-state index in [4.69, 9.17) is 49.4 Å². The third kappa shape index (κ3) is 7.02. The molecule has 0 spiro atoms. The summed E-state index contributed by atoms with van der Waals surface area (Å²) in [5.41, 5.74) is 0. The Hall–Kier alpha value is -1.93. The van der Waals surface area contributed by atoms with Crippen LogP contribution in [0, 0.1) is 0 Å². The van der Waals surface area contributed by atoms with E-state index in [9.17, 15) is 0 Å². The van der Waals surface area contributed by atoms with Gasteiger partial charge in [-0.3, -0.25) is 0 Å². The molecule has 0 radical (unpaired) electrons. The van der Waals surface area contributed by atoms with Crippen molar-refractivity contribution >= 4 is 112 Å². The Labute approximate surface area is 339 Å². The van der Waals surface area contributed by atoms with Gasteiger partial charge in [-0.25, -0.2) is 0 Å². The van der Waals surface area contributed by atoms with Crippen molar-refractivity contribution in [3.63, 3.8) is 0 Å². The van der Waals surface area contributed by atoms with Gasteiger partial charge in [-0.05, 0) is 0 Å². The molecule has 0 bridgehead atoms. The number of hydrogen-bond acceptors (Lipinski definition) is 9. The molecule has 0 atom stereocenters. The summed E-state index contributed by atoms with van der Waals surface area (Å²) in [6.45, 7) is 16.4. The van der Waals surface area contributed by atoms with Crippen molar-refractivity contribution in [3.8, 4) is 40.2 Å². The second-order valence-corrected chi connectivity index (χ2v) is 27.1. The Morgan fingerprint density at radius 2 is 0.704 bits per heavy atom. The Bertz CT molecular complexity index is 2200. The van der Waals surface area contributed by atoms with Crippen molar-refractivity contribution in [2.45, 2.75) is 119 Å². The van der Waals surface area contributed by atoms with Gasteiger partial charge in [0.15, 0.2) is 0 Å². The molecule has 0 amide bonds. The molecule has 7 rings (SSSR count). The van der Waals surface area contributed by atoms with E-state index in [0.29, 0.717) is 68.4 Å². The summed E-state index contributed by atoms with van der Waals surface area (Å²) in [6, 6.07) is 0. The standard InChI is InChI=1S/C42H54Cl2O7S2Te/c1-7-13-19-45-32-31-25-26-27-28-29-30(25)42(54(43,44)51-31)37(50-24-18-12-6)36(49-23-17-11-5)41(29)53-40(28)35(48-22-16-10-4)34(47-21-15-9-3)39(27)52-38(26)33(32)46-20-14-8-2/h7-24H2,1-6H3. The van der Waals surface area contributed by atoms with Gasteiger partial charge >= 0.3 is 342 Å². The average Bonchev–Trinajstić information content (AvgIpc) is 3.74. The number of halogens is 2. The first-order chi connectivity index (χ1) is 26.4. The van der Waals surface area contributed by atoms with Crippen LogP contribution in [0.15, 0.2) is 0 Å². The molecule has 12 heteroatoms. The minimum atomic E-state index is -4.49. The van der Waals surface area contributed by atoms with Crippen LogP contribution < -0.4 is 35.1 Å². The number of ether oxygens (including phenoxy) is 6. The third-order valence-corrected chi connectivity index (χ3v) is 18.8. The number of thiophene rings is 2. The molecule has 0 N–H and O–H groups in total. The first-order valence-corrected chi connectivity index (χ1v) is 29.8. The van der Waals surface area contributed by atoms with E-state index >= 15 is 0 Å². The molecule has 2 aromatic heterocycles. The zero-order valence-corrected chi connectivity index (χ0v) is 38.0. The molecule has 0 saturated heterocycles. The van der Waals surface area contributed by atoms with E-state index in [-0.39, 0.29) is 0 Å². The van der Waals surface area contributed by atoms with Crippen LogP contribution in [0.5, 0.6) is 40.2 Å². The van der Waals surface area contributed by atoms with Crippen LogP contribution in [0.25, 0.3) is 51.1 Å². The fourth-order valence-corrected chi connectivity index (χ4v) is 16.2. The Morgan fingerprint density at radius 3 is 1.09 bits per heavy atom. The zero-order chi connectivity index (χ0) is 38.0. The number of rotatable bonds is 24. The Kier molecular flexibility index (Phi) is 13.2. The quantitative estimate of drug-likeness (QED) is 0.0340. The summed E-state index contributed by atoms with van der Waals surface area (Å²) in [5.74, 6) is 4.79. The molecule has 1 aliphatic heterocycles. The molecular formula is C42H54Cl2O7S2Te. The molecule has 0 fully saturated rings. The van der Waals surface area contributed by atoms with Crippen LogP contribution in [0.1, 0.15) is 119 Å². The van der Waals surface area contributed by atoms with Gasteiger partial charge in [0.2, 0.25) is 0 Å². The minimum absolute atomic E-state index is 0.516. The summed E-state index contributed by atoms with van der Waals surface area (Å²) < 4.78 is 52.6. The van der Waals surface area contributed by atoms with Crippen molar-refractivity contribution in [1.82, 2.24) is 0 Å². The van der Waals surface area contributed by atoms with E-state index in [0.717, 1.165) is 143 Å². The first-order valence-electron chi connectivity index (χ1n) is 20.1.